The van der Waals surface area contributed by atoms with Gasteiger partial charge < -0.3 is 10.2 Å². The van der Waals surface area contributed by atoms with Gasteiger partial charge in [-0.15, -0.1) is 0 Å². The Hall–Kier alpha value is -1.76. The second kappa shape index (κ2) is 5.70. The zero-order valence-corrected chi connectivity index (χ0v) is 11.0. The van der Waals surface area contributed by atoms with Gasteiger partial charge in [0.05, 0.1) is 18.2 Å². The smallest absolute Gasteiger partial charge is 0.416 e. The SMILES string of the molecule is COc1cc(C(F)(F)F)ccc1C(=N)NNCC1CC1. The molecule has 0 bridgehead atoms. The van der Waals surface area contributed by atoms with E-state index < -0.39 is 11.7 Å². The molecule has 1 aromatic carbocycles. The third kappa shape index (κ3) is 3.63. The van der Waals surface area contributed by atoms with Gasteiger partial charge in [-0.25, -0.2) is 5.43 Å². The number of halogens is 3. The van der Waals surface area contributed by atoms with Crippen LogP contribution >= 0.6 is 0 Å². The average Bonchev–Trinajstić information content (AvgIpc) is 3.21. The van der Waals surface area contributed by atoms with Crippen LogP contribution in [0.15, 0.2) is 18.2 Å². The first-order valence-corrected chi connectivity index (χ1v) is 6.25. The Kier molecular flexibility index (Phi) is 4.17. The fraction of sp³-hybridized carbons (Fsp3) is 0.462. The fourth-order valence-electron chi connectivity index (χ4n) is 1.75. The summed E-state index contributed by atoms with van der Waals surface area (Å²) in [5.41, 5.74) is 5.05. The minimum atomic E-state index is -4.42. The van der Waals surface area contributed by atoms with Gasteiger partial charge in [0.25, 0.3) is 0 Å². The highest BCUT2D eigenvalue weighted by Crippen LogP contribution is 2.33. The Balaban J connectivity index is 2.07. The predicted molar refractivity (Wildman–Crippen MR) is 68.7 cm³/mol. The van der Waals surface area contributed by atoms with Crippen LogP contribution in [0.5, 0.6) is 5.75 Å². The van der Waals surface area contributed by atoms with Gasteiger partial charge in [0.15, 0.2) is 0 Å². The summed E-state index contributed by atoms with van der Waals surface area (Å²) >= 11 is 0. The highest BCUT2D eigenvalue weighted by molar-refractivity contribution is 5.98. The van der Waals surface area contributed by atoms with E-state index >= 15 is 0 Å². The first-order chi connectivity index (χ1) is 9.41. The van der Waals surface area contributed by atoms with Crippen LogP contribution in [0.4, 0.5) is 13.2 Å². The van der Waals surface area contributed by atoms with Gasteiger partial charge in [-0.3, -0.25) is 5.41 Å². The van der Waals surface area contributed by atoms with Crippen molar-refractivity contribution in [3.63, 3.8) is 0 Å². The van der Waals surface area contributed by atoms with Crippen molar-refractivity contribution in [2.24, 2.45) is 5.92 Å². The molecule has 1 aliphatic carbocycles. The van der Waals surface area contributed by atoms with Gasteiger partial charge in [-0.05, 0) is 37.0 Å². The van der Waals surface area contributed by atoms with Crippen LogP contribution in [0, 0.1) is 11.3 Å². The van der Waals surface area contributed by atoms with E-state index in [4.69, 9.17) is 10.1 Å². The van der Waals surface area contributed by atoms with Crippen molar-refractivity contribution in [1.82, 2.24) is 10.9 Å². The third-order valence-corrected chi connectivity index (χ3v) is 3.10. The first kappa shape index (κ1) is 14.6. The molecular formula is C13H16F3N3O. The van der Waals surface area contributed by atoms with Gasteiger partial charge in [-0.2, -0.15) is 13.2 Å². The van der Waals surface area contributed by atoms with Gasteiger partial charge in [0, 0.05) is 6.54 Å². The average molecular weight is 287 g/mol. The molecule has 20 heavy (non-hydrogen) atoms. The van der Waals surface area contributed by atoms with E-state index in [1.54, 1.807) is 0 Å². The number of hydrazine groups is 1. The second-order valence-electron chi connectivity index (χ2n) is 4.74. The lowest BCUT2D eigenvalue weighted by Gasteiger charge is -2.14. The van der Waals surface area contributed by atoms with Crippen LogP contribution in [-0.4, -0.2) is 19.5 Å². The summed E-state index contributed by atoms with van der Waals surface area (Å²) in [5, 5.41) is 7.83. The first-order valence-electron chi connectivity index (χ1n) is 6.25. The van der Waals surface area contributed by atoms with E-state index in [1.165, 1.54) is 26.0 Å². The highest BCUT2D eigenvalue weighted by Gasteiger charge is 2.31. The number of alkyl halides is 3. The molecule has 0 aromatic heterocycles. The minimum Gasteiger partial charge on any atom is -0.496 e. The van der Waals surface area contributed by atoms with Crippen LogP contribution in [0.3, 0.4) is 0 Å². The molecule has 0 radical (unpaired) electrons. The van der Waals surface area contributed by atoms with Crippen LogP contribution < -0.4 is 15.6 Å². The van der Waals surface area contributed by atoms with E-state index in [0.29, 0.717) is 5.92 Å². The molecule has 2 rings (SSSR count). The summed E-state index contributed by atoms with van der Waals surface area (Å²) < 4.78 is 42.7. The lowest BCUT2D eigenvalue weighted by atomic mass is 10.1. The number of nitrogens with one attached hydrogen (secondary N) is 3. The Labute approximate surface area is 114 Å². The molecule has 1 saturated carbocycles. The molecule has 1 aliphatic rings. The van der Waals surface area contributed by atoms with E-state index in [-0.39, 0.29) is 17.1 Å². The molecule has 0 saturated heterocycles. The number of ether oxygens (including phenoxy) is 1. The molecule has 7 heteroatoms. The maximum Gasteiger partial charge on any atom is 0.416 e. The van der Waals surface area contributed by atoms with Crippen molar-refractivity contribution in [2.45, 2.75) is 19.0 Å². The fourth-order valence-corrected chi connectivity index (χ4v) is 1.75. The van der Waals surface area contributed by atoms with E-state index in [1.807, 2.05) is 0 Å². The van der Waals surface area contributed by atoms with Crippen molar-refractivity contribution in [3.05, 3.63) is 29.3 Å². The summed E-state index contributed by atoms with van der Waals surface area (Å²) in [5.74, 6) is 0.631. The molecule has 110 valence electrons. The van der Waals surface area contributed by atoms with Crippen LogP contribution in [0.2, 0.25) is 0 Å². The summed E-state index contributed by atoms with van der Waals surface area (Å²) in [6.45, 7) is 0.741. The summed E-state index contributed by atoms with van der Waals surface area (Å²) in [6.07, 6.45) is -2.08. The number of methoxy groups -OCH3 is 1. The molecule has 0 amide bonds. The number of amidine groups is 1. The van der Waals surface area contributed by atoms with E-state index in [9.17, 15) is 13.2 Å². The normalized spacial score (nSPS) is 15.0. The molecule has 1 aromatic rings. The standard InChI is InChI=1S/C13H16F3N3O/c1-20-11-6-9(13(14,15)16)4-5-10(11)12(17)19-18-7-8-2-3-8/h4-6,8,18H,2-3,7H2,1H3,(H2,17,19). The van der Waals surface area contributed by atoms with Crippen LogP contribution in [0.1, 0.15) is 24.0 Å². The minimum absolute atomic E-state index is 0.0174. The Morgan fingerprint density at radius 1 is 1.40 bits per heavy atom. The summed E-state index contributed by atoms with van der Waals surface area (Å²) in [7, 11) is 1.28. The van der Waals surface area contributed by atoms with Crippen molar-refractivity contribution in [1.29, 1.82) is 5.41 Å². The monoisotopic (exact) mass is 287 g/mol. The maximum atomic E-state index is 12.6. The summed E-state index contributed by atoms with van der Waals surface area (Å²) in [4.78, 5) is 0. The van der Waals surface area contributed by atoms with Crippen molar-refractivity contribution in [3.8, 4) is 5.75 Å². The zero-order valence-electron chi connectivity index (χ0n) is 11.0. The third-order valence-electron chi connectivity index (χ3n) is 3.10. The number of rotatable bonds is 5. The Morgan fingerprint density at radius 3 is 2.65 bits per heavy atom. The predicted octanol–water partition coefficient (Wildman–Crippen LogP) is 2.54. The largest absolute Gasteiger partial charge is 0.496 e. The highest BCUT2D eigenvalue weighted by atomic mass is 19.4. The Bertz CT molecular complexity index is 498. The number of hydrogen-bond acceptors (Lipinski definition) is 3. The molecule has 0 aliphatic heterocycles. The number of hydrogen-bond donors (Lipinski definition) is 3. The van der Waals surface area contributed by atoms with Crippen LogP contribution in [0.25, 0.3) is 0 Å². The van der Waals surface area contributed by atoms with Gasteiger partial charge in [0.1, 0.15) is 11.6 Å². The lowest BCUT2D eigenvalue weighted by Crippen LogP contribution is -2.38. The quantitative estimate of drug-likeness (QED) is 0.443. The molecule has 0 unspecified atom stereocenters. The van der Waals surface area contributed by atoms with Gasteiger partial charge in [0.2, 0.25) is 0 Å². The summed E-state index contributed by atoms with van der Waals surface area (Å²) in [6, 6.07) is 3.07. The molecule has 0 heterocycles. The van der Waals surface area contributed by atoms with E-state index in [2.05, 4.69) is 10.9 Å². The van der Waals surface area contributed by atoms with E-state index in [0.717, 1.165) is 18.7 Å². The van der Waals surface area contributed by atoms with Crippen molar-refractivity contribution >= 4 is 5.84 Å². The lowest BCUT2D eigenvalue weighted by molar-refractivity contribution is -0.137. The molecule has 3 N–H and O–H groups in total. The topological polar surface area (TPSA) is 57.1 Å². The van der Waals surface area contributed by atoms with Gasteiger partial charge >= 0.3 is 6.18 Å². The number of benzene rings is 1. The molecule has 1 fully saturated rings. The Morgan fingerprint density at radius 2 is 2.10 bits per heavy atom. The zero-order chi connectivity index (χ0) is 14.8. The molecule has 4 nitrogen and oxygen atoms in total. The van der Waals surface area contributed by atoms with Crippen molar-refractivity contribution < 1.29 is 17.9 Å². The molecular weight excluding hydrogens is 271 g/mol. The van der Waals surface area contributed by atoms with Crippen molar-refractivity contribution in [2.75, 3.05) is 13.7 Å². The molecule has 0 spiro atoms. The van der Waals surface area contributed by atoms with Crippen LogP contribution in [-0.2, 0) is 6.18 Å². The van der Waals surface area contributed by atoms with Gasteiger partial charge in [-0.1, -0.05) is 0 Å². The molecule has 0 atom stereocenters. The maximum absolute atomic E-state index is 12.6. The second-order valence-corrected chi connectivity index (χ2v) is 4.74.